The van der Waals surface area contributed by atoms with Gasteiger partial charge in [-0.1, -0.05) is 102 Å². The molecule has 146 valence electrons. The maximum atomic E-state index is 2.57. The summed E-state index contributed by atoms with van der Waals surface area (Å²) in [5, 5.41) is 0. The van der Waals surface area contributed by atoms with Crippen molar-refractivity contribution in [1.29, 1.82) is 0 Å². The molecular weight excluding hydrogens is 324 g/mol. The maximum Gasteiger partial charge on any atom is -0.00134 e. The van der Waals surface area contributed by atoms with E-state index in [1.54, 1.807) is 16.7 Å². The summed E-state index contributed by atoms with van der Waals surface area (Å²) in [6.07, 6.45) is 17.4. The smallest absolute Gasteiger partial charge is 0.00134 e. The van der Waals surface area contributed by atoms with E-state index in [1.807, 2.05) is 0 Å². The van der Waals surface area contributed by atoms with Crippen LogP contribution in [-0.2, 0) is 19.3 Å². The van der Waals surface area contributed by atoms with Crippen molar-refractivity contribution in [2.75, 3.05) is 0 Å². The molecular formula is C27H38. The maximum absolute atomic E-state index is 2.57. The standard InChI is InChI=1S/C27H38/c1-3-5-7-9-11-15-22-19-25-20-24-17-13-14-18-26(24)27(25)21-23(22)16-12-10-8-6-4-2/h13-14,17-19,21H,3-12,15-16,20H2,1-2H3. The molecule has 27 heavy (non-hydrogen) atoms. The van der Waals surface area contributed by atoms with Crippen molar-refractivity contribution in [2.45, 2.75) is 97.3 Å². The summed E-state index contributed by atoms with van der Waals surface area (Å²) in [5.74, 6) is 0. The Balaban J connectivity index is 1.71. The van der Waals surface area contributed by atoms with Gasteiger partial charge in [0.1, 0.15) is 0 Å². The van der Waals surface area contributed by atoms with Crippen LogP contribution in [-0.4, -0.2) is 0 Å². The normalized spacial score (nSPS) is 12.2. The first kappa shape index (κ1) is 20.2. The molecule has 0 amide bonds. The van der Waals surface area contributed by atoms with Crippen molar-refractivity contribution in [3.8, 4) is 11.1 Å². The molecule has 0 aromatic heterocycles. The fourth-order valence-electron chi connectivity index (χ4n) is 4.58. The predicted molar refractivity (Wildman–Crippen MR) is 120 cm³/mol. The van der Waals surface area contributed by atoms with Crippen LogP contribution in [0.2, 0.25) is 0 Å². The Morgan fingerprint density at radius 1 is 0.593 bits per heavy atom. The van der Waals surface area contributed by atoms with Crippen LogP contribution >= 0.6 is 0 Å². The Bertz CT molecular complexity index is 710. The van der Waals surface area contributed by atoms with Gasteiger partial charge in [-0.15, -0.1) is 0 Å². The van der Waals surface area contributed by atoms with E-state index in [2.05, 4.69) is 50.2 Å². The molecule has 0 atom stereocenters. The zero-order valence-electron chi connectivity index (χ0n) is 17.7. The van der Waals surface area contributed by atoms with Crippen LogP contribution < -0.4 is 0 Å². The zero-order chi connectivity index (χ0) is 18.9. The Hall–Kier alpha value is -1.56. The van der Waals surface area contributed by atoms with Crippen molar-refractivity contribution < 1.29 is 0 Å². The van der Waals surface area contributed by atoms with Gasteiger partial charge in [-0.3, -0.25) is 0 Å². The number of unbranched alkanes of at least 4 members (excludes halogenated alkanes) is 8. The molecule has 1 aliphatic carbocycles. The molecule has 2 aromatic rings. The summed E-state index contributed by atoms with van der Waals surface area (Å²) in [7, 11) is 0. The van der Waals surface area contributed by atoms with Gasteiger partial charge in [0.25, 0.3) is 0 Å². The third kappa shape index (κ3) is 5.47. The van der Waals surface area contributed by atoms with E-state index in [1.165, 1.54) is 93.7 Å². The fourth-order valence-corrected chi connectivity index (χ4v) is 4.58. The van der Waals surface area contributed by atoms with Gasteiger partial charge in [0.15, 0.2) is 0 Å². The van der Waals surface area contributed by atoms with Crippen LogP contribution in [0.15, 0.2) is 36.4 Å². The lowest BCUT2D eigenvalue weighted by molar-refractivity contribution is 0.620. The molecule has 0 aliphatic heterocycles. The van der Waals surface area contributed by atoms with Crippen LogP contribution in [0.3, 0.4) is 0 Å². The average molecular weight is 363 g/mol. The van der Waals surface area contributed by atoms with Gasteiger partial charge in [0, 0.05) is 0 Å². The minimum absolute atomic E-state index is 1.13. The van der Waals surface area contributed by atoms with E-state index in [-0.39, 0.29) is 0 Å². The summed E-state index contributed by atoms with van der Waals surface area (Å²) in [5.41, 5.74) is 9.36. The molecule has 0 radical (unpaired) electrons. The van der Waals surface area contributed by atoms with Crippen molar-refractivity contribution in [2.24, 2.45) is 0 Å². The molecule has 1 aliphatic rings. The SMILES string of the molecule is CCCCCCCc1cc2c(cc1CCCCCCC)-c1ccccc1C2. The van der Waals surface area contributed by atoms with Crippen LogP contribution in [0.5, 0.6) is 0 Å². The minimum Gasteiger partial charge on any atom is -0.0654 e. The summed E-state index contributed by atoms with van der Waals surface area (Å²) >= 11 is 0. The Morgan fingerprint density at radius 3 is 1.85 bits per heavy atom. The Labute approximate surface area is 167 Å². The summed E-state index contributed by atoms with van der Waals surface area (Å²) in [6, 6.07) is 14.1. The number of benzene rings is 2. The molecule has 0 heterocycles. The highest BCUT2D eigenvalue weighted by atomic mass is 14.2. The summed E-state index contributed by atoms with van der Waals surface area (Å²) < 4.78 is 0. The first-order valence-electron chi connectivity index (χ1n) is 11.6. The van der Waals surface area contributed by atoms with Gasteiger partial charge in [-0.2, -0.15) is 0 Å². The molecule has 0 saturated heterocycles. The van der Waals surface area contributed by atoms with Crippen molar-refractivity contribution in [3.63, 3.8) is 0 Å². The summed E-state index contributed by atoms with van der Waals surface area (Å²) in [6.45, 7) is 4.60. The molecule has 0 N–H and O–H groups in total. The highest BCUT2D eigenvalue weighted by Crippen LogP contribution is 2.38. The number of hydrogen-bond acceptors (Lipinski definition) is 0. The topological polar surface area (TPSA) is 0 Å². The highest BCUT2D eigenvalue weighted by molar-refractivity contribution is 5.77. The number of rotatable bonds is 12. The molecule has 0 spiro atoms. The lowest BCUT2D eigenvalue weighted by Gasteiger charge is -2.14. The second-order valence-corrected chi connectivity index (χ2v) is 8.44. The van der Waals surface area contributed by atoms with E-state index >= 15 is 0 Å². The van der Waals surface area contributed by atoms with E-state index in [9.17, 15) is 0 Å². The highest BCUT2D eigenvalue weighted by Gasteiger charge is 2.20. The van der Waals surface area contributed by atoms with E-state index in [0.717, 1.165) is 6.42 Å². The predicted octanol–water partition coefficient (Wildman–Crippen LogP) is 8.28. The number of fused-ring (bicyclic) bond motifs is 3. The van der Waals surface area contributed by atoms with Crippen LogP contribution in [0.1, 0.15) is 100 Å². The third-order valence-electron chi connectivity index (χ3n) is 6.21. The second kappa shape index (κ2) is 10.7. The fraction of sp³-hybridized carbons (Fsp3) is 0.556. The lowest BCUT2D eigenvalue weighted by Crippen LogP contribution is -1.98. The first-order chi connectivity index (χ1) is 13.3. The molecule has 0 bridgehead atoms. The molecule has 3 rings (SSSR count). The van der Waals surface area contributed by atoms with Crippen molar-refractivity contribution in [3.05, 3.63) is 58.7 Å². The van der Waals surface area contributed by atoms with Crippen molar-refractivity contribution >= 4 is 0 Å². The number of aryl methyl sites for hydroxylation is 2. The first-order valence-corrected chi connectivity index (χ1v) is 11.6. The molecule has 0 fully saturated rings. The van der Waals surface area contributed by atoms with Crippen LogP contribution in [0.4, 0.5) is 0 Å². The van der Waals surface area contributed by atoms with E-state index < -0.39 is 0 Å². The average Bonchev–Trinajstić information content (AvgIpc) is 3.05. The van der Waals surface area contributed by atoms with Gasteiger partial charge < -0.3 is 0 Å². The zero-order valence-corrected chi connectivity index (χ0v) is 17.7. The van der Waals surface area contributed by atoms with Gasteiger partial charge in [-0.05, 0) is 65.5 Å². The Kier molecular flexibility index (Phi) is 7.99. The minimum atomic E-state index is 1.13. The Morgan fingerprint density at radius 2 is 1.19 bits per heavy atom. The molecule has 0 heteroatoms. The largest absolute Gasteiger partial charge is 0.0654 e. The lowest BCUT2D eigenvalue weighted by atomic mass is 9.91. The van der Waals surface area contributed by atoms with Gasteiger partial charge >= 0.3 is 0 Å². The quantitative estimate of drug-likeness (QED) is 0.284. The van der Waals surface area contributed by atoms with Crippen LogP contribution in [0, 0.1) is 0 Å². The summed E-state index contributed by atoms with van der Waals surface area (Å²) in [4.78, 5) is 0. The second-order valence-electron chi connectivity index (χ2n) is 8.44. The molecule has 0 unspecified atom stereocenters. The van der Waals surface area contributed by atoms with E-state index in [0.29, 0.717) is 0 Å². The van der Waals surface area contributed by atoms with Crippen molar-refractivity contribution in [1.82, 2.24) is 0 Å². The third-order valence-corrected chi connectivity index (χ3v) is 6.21. The monoisotopic (exact) mass is 362 g/mol. The molecule has 0 saturated carbocycles. The van der Waals surface area contributed by atoms with Gasteiger partial charge in [0.2, 0.25) is 0 Å². The van der Waals surface area contributed by atoms with E-state index in [4.69, 9.17) is 0 Å². The van der Waals surface area contributed by atoms with Gasteiger partial charge in [-0.25, -0.2) is 0 Å². The number of hydrogen-bond donors (Lipinski definition) is 0. The van der Waals surface area contributed by atoms with Gasteiger partial charge in [0.05, 0.1) is 0 Å². The van der Waals surface area contributed by atoms with Crippen LogP contribution in [0.25, 0.3) is 11.1 Å². The molecule has 0 nitrogen and oxygen atoms in total. The molecule has 2 aromatic carbocycles.